The van der Waals surface area contributed by atoms with Gasteiger partial charge in [0.25, 0.3) is 5.22 Å². The van der Waals surface area contributed by atoms with Crippen molar-refractivity contribution < 1.29 is 4.42 Å². The standard InChI is InChI=1S/C10H10ClN3OS/c1-5-6(2)15-10(13-5)16-9-4-7(12)3-8(11)14-9/h3-4H,1-2H3,(H2,12,14). The highest BCUT2D eigenvalue weighted by molar-refractivity contribution is 7.99. The zero-order valence-corrected chi connectivity index (χ0v) is 10.4. The maximum atomic E-state index is 5.80. The van der Waals surface area contributed by atoms with Crippen LogP contribution in [-0.4, -0.2) is 9.97 Å². The quantitative estimate of drug-likeness (QED) is 0.836. The Bertz CT molecular complexity index is 487. The summed E-state index contributed by atoms with van der Waals surface area (Å²) in [6.07, 6.45) is 0. The van der Waals surface area contributed by atoms with E-state index in [2.05, 4.69) is 9.97 Å². The monoisotopic (exact) mass is 255 g/mol. The SMILES string of the molecule is Cc1nc(Sc2cc(N)cc(Cl)n2)oc1C. The van der Waals surface area contributed by atoms with Crippen molar-refractivity contribution in [1.29, 1.82) is 0 Å². The second kappa shape index (κ2) is 4.35. The summed E-state index contributed by atoms with van der Waals surface area (Å²) in [4.78, 5) is 8.35. The number of rotatable bonds is 2. The maximum absolute atomic E-state index is 5.80. The van der Waals surface area contributed by atoms with E-state index in [1.807, 2.05) is 13.8 Å². The smallest absolute Gasteiger partial charge is 0.262 e. The second-order valence-corrected chi connectivity index (χ2v) is 4.64. The maximum Gasteiger partial charge on any atom is 0.262 e. The average Bonchev–Trinajstić information content (AvgIpc) is 2.43. The number of anilines is 1. The predicted molar refractivity (Wildman–Crippen MR) is 63.8 cm³/mol. The first-order valence-electron chi connectivity index (χ1n) is 4.59. The number of hydrogen-bond acceptors (Lipinski definition) is 5. The number of aryl methyl sites for hydroxylation is 2. The highest BCUT2D eigenvalue weighted by atomic mass is 35.5. The van der Waals surface area contributed by atoms with Gasteiger partial charge < -0.3 is 10.2 Å². The molecule has 0 atom stereocenters. The van der Waals surface area contributed by atoms with Crippen molar-refractivity contribution >= 4 is 29.1 Å². The fourth-order valence-corrected chi connectivity index (χ4v) is 2.25. The van der Waals surface area contributed by atoms with Crippen LogP contribution in [-0.2, 0) is 0 Å². The van der Waals surface area contributed by atoms with Gasteiger partial charge in [-0.3, -0.25) is 0 Å². The molecule has 2 heterocycles. The topological polar surface area (TPSA) is 64.9 Å². The summed E-state index contributed by atoms with van der Waals surface area (Å²) in [6, 6.07) is 3.32. The molecule has 2 aromatic rings. The summed E-state index contributed by atoms with van der Waals surface area (Å²) in [7, 11) is 0. The number of aromatic nitrogens is 2. The summed E-state index contributed by atoms with van der Waals surface area (Å²) in [5.74, 6) is 0.803. The van der Waals surface area contributed by atoms with Crippen LogP contribution in [0.25, 0.3) is 0 Å². The summed E-state index contributed by atoms with van der Waals surface area (Å²) in [6.45, 7) is 3.76. The van der Waals surface area contributed by atoms with Crippen LogP contribution in [0, 0.1) is 13.8 Å². The molecular weight excluding hydrogens is 246 g/mol. The minimum absolute atomic E-state index is 0.363. The van der Waals surface area contributed by atoms with Crippen molar-refractivity contribution in [3.05, 3.63) is 28.7 Å². The Kier molecular flexibility index (Phi) is 3.07. The number of nitrogen functional groups attached to an aromatic ring is 1. The van der Waals surface area contributed by atoms with E-state index < -0.39 is 0 Å². The summed E-state index contributed by atoms with van der Waals surface area (Å²) in [5, 5.41) is 1.58. The van der Waals surface area contributed by atoms with Gasteiger partial charge >= 0.3 is 0 Å². The van der Waals surface area contributed by atoms with Gasteiger partial charge in [-0.15, -0.1) is 0 Å². The molecule has 0 saturated carbocycles. The molecule has 0 fully saturated rings. The number of halogens is 1. The highest BCUT2D eigenvalue weighted by Gasteiger charge is 2.09. The van der Waals surface area contributed by atoms with Gasteiger partial charge in [0.05, 0.1) is 5.69 Å². The van der Waals surface area contributed by atoms with Crippen LogP contribution in [0.1, 0.15) is 11.5 Å². The second-order valence-electron chi connectivity index (χ2n) is 3.28. The van der Waals surface area contributed by atoms with E-state index in [9.17, 15) is 0 Å². The molecule has 6 heteroatoms. The fourth-order valence-electron chi connectivity index (χ4n) is 1.12. The lowest BCUT2D eigenvalue weighted by atomic mass is 10.4. The Labute approximate surface area is 102 Å². The molecular formula is C10H10ClN3OS. The van der Waals surface area contributed by atoms with Crippen molar-refractivity contribution in [2.24, 2.45) is 0 Å². The Balaban J connectivity index is 2.26. The van der Waals surface area contributed by atoms with Crippen molar-refractivity contribution in [2.45, 2.75) is 24.1 Å². The zero-order valence-electron chi connectivity index (χ0n) is 8.82. The number of nitrogens with two attached hydrogens (primary N) is 1. The third-order valence-corrected chi connectivity index (χ3v) is 2.95. The third-order valence-electron chi connectivity index (χ3n) is 1.99. The fraction of sp³-hybridized carbons (Fsp3) is 0.200. The van der Waals surface area contributed by atoms with Crippen molar-refractivity contribution in [2.75, 3.05) is 5.73 Å². The molecule has 4 nitrogen and oxygen atoms in total. The lowest BCUT2D eigenvalue weighted by Crippen LogP contribution is -1.88. The lowest BCUT2D eigenvalue weighted by Gasteiger charge is -1.99. The summed E-state index contributed by atoms with van der Waals surface area (Å²) >= 11 is 7.09. The van der Waals surface area contributed by atoms with Gasteiger partial charge in [-0.1, -0.05) is 11.6 Å². The van der Waals surface area contributed by atoms with Gasteiger partial charge in [-0.05, 0) is 37.7 Å². The molecule has 2 aromatic heterocycles. The van der Waals surface area contributed by atoms with Crippen LogP contribution in [0.4, 0.5) is 5.69 Å². The molecule has 0 aromatic carbocycles. The minimum Gasteiger partial charge on any atom is -0.436 e. The van der Waals surface area contributed by atoms with Crippen LogP contribution in [0.5, 0.6) is 0 Å². The molecule has 0 radical (unpaired) electrons. The zero-order chi connectivity index (χ0) is 11.7. The Morgan fingerprint density at radius 2 is 2.06 bits per heavy atom. The van der Waals surface area contributed by atoms with Gasteiger partial charge in [0.1, 0.15) is 15.9 Å². The van der Waals surface area contributed by atoms with Crippen LogP contribution in [0.15, 0.2) is 26.8 Å². The van der Waals surface area contributed by atoms with Crippen LogP contribution in [0.2, 0.25) is 5.15 Å². The Morgan fingerprint density at radius 3 is 2.62 bits per heavy atom. The Hall–Kier alpha value is -1.20. The highest BCUT2D eigenvalue weighted by Crippen LogP contribution is 2.29. The van der Waals surface area contributed by atoms with E-state index in [0.717, 1.165) is 11.5 Å². The molecule has 0 aliphatic heterocycles. The molecule has 2 rings (SSSR count). The van der Waals surface area contributed by atoms with Crippen molar-refractivity contribution in [1.82, 2.24) is 9.97 Å². The normalized spacial score (nSPS) is 10.7. The predicted octanol–water partition coefficient (Wildman–Crippen LogP) is 3.07. The molecule has 84 valence electrons. The molecule has 0 spiro atoms. The van der Waals surface area contributed by atoms with E-state index in [0.29, 0.717) is 21.1 Å². The van der Waals surface area contributed by atoms with Gasteiger partial charge in [-0.25, -0.2) is 9.97 Å². The molecule has 16 heavy (non-hydrogen) atoms. The third kappa shape index (κ3) is 2.48. The lowest BCUT2D eigenvalue weighted by molar-refractivity contribution is 0.431. The van der Waals surface area contributed by atoms with Gasteiger partial charge in [0.15, 0.2) is 0 Å². The minimum atomic E-state index is 0.363. The molecule has 0 amide bonds. The number of hydrogen-bond donors (Lipinski definition) is 1. The first-order chi connectivity index (χ1) is 7.54. The van der Waals surface area contributed by atoms with Crippen LogP contribution >= 0.6 is 23.4 Å². The van der Waals surface area contributed by atoms with E-state index in [1.165, 1.54) is 11.8 Å². The van der Waals surface area contributed by atoms with E-state index >= 15 is 0 Å². The molecule has 0 aliphatic carbocycles. The Morgan fingerprint density at radius 1 is 1.31 bits per heavy atom. The molecule has 2 N–H and O–H groups in total. The van der Waals surface area contributed by atoms with Gasteiger partial charge in [0.2, 0.25) is 0 Å². The van der Waals surface area contributed by atoms with Gasteiger partial charge in [0, 0.05) is 5.69 Å². The van der Waals surface area contributed by atoms with Gasteiger partial charge in [-0.2, -0.15) is 0 Å². The summed E-state index contributed by atoms with van der Waals surface area (Å²) in [5.41, 5.74) is 7.10. The molecule has 0 unspecified atom stereocenters. The largest absolute Gasteiger partial charge is 0.436 e. The van der Waals surface area contributed by atoms with E-state index in [-0.39, 0.29) is 0 Å². The first-order valence-corrected chi connectivity index (χ1v) is 5.79. The van der Waals surface area contributed by atoms with Crippen LogP contribution in [0.3, 0.4) is 0 Å². The first kappa shape index (κ1) is 11.3. The van der Waals surface area contributed by atoms with E-state index in [4.69, 9.17) is 21.8 Å². The number of nitrogens with zero attached hydrogens (tertiary/aromatic N) is 2. The molecule has 0 bridgehead atoms. The average molecular weight is 256 g/mol. The summed E-state index contributed by atoms with van der Waals surface area (Å²) < 4.78 is 5.43. The number of pyridine rings is 1. The van der Waals surface area contributed by atoms with Crippen molar-refractivity contribution in [3.63, 3.8) is 0 Å². The molecule has 0 saturated heterocycles. The van der Waals surface area contributed by atoms with Crippen molar-refractivity contribution in [3.8, 4) is 0 Å². The van der Waals surface area contributed by atoms with E-state index in [1.54, 1.807) is 12.1 Å². The molecule has 0 aliphatic rings. The van der Waals surface area contributed by atoms with Crippen LogP contribution < -0.4 is 5.73 Å². The number of oxazole rings is 1.